The van der Waals surface area contributed by atoms with Crippen molar-refractivity contribution >= 4 is 48.4 Å². The van der Waals surface area contributed by atoms with Crippen LogP contribution in [-0.2, 0) is 33.3 Å². The smallest absolute Gasteiger partial charge is 0.407 e. The third-order valence-electron chi connectivity index (χ3n) is 6.75. The number of esters is 1. The highest BCUT2D eigenvalue weighted by Crippen LogP contribution is 2.44. The molecule has 0 bridgehead atoms. The lowest BCUT2D eigenvalue weighted by atomic mass is 9.98. The first-order chi connectivity index (χ1) is 21.1. The molecule has 2 aromatic carbocycles. The molecule has 12 heteroatoms. The summed E-state index contributed by atoms with van der Waals surface area (Å²) >= 11 is 2.09. The van der Waals surface area contributed by atoms with Gasteiger partial charge in [0, 0.05) is 16.9 Å². The molecule has 3 rings (SSSR count). The number of benzene rings is 2. The number of ether oxygens (including phenoxy) is 5. The van der Waals surface area contributed by atoms with Gasteiger partial charge in [-0.1, -0.05) is 71.1 Å². The standard InChI is InChI=1S/C32H42BIN2O8/c1-32(2,3)44-17-16-40-14-15-41-21-23(19-36(29(37)18-33)20-30(38)42-13-12-34)35-31(39)43-22-28-26-10-6-4-8-24(26)25-9-5-7-11-27(25)28/h4-11,23,28H,12-22H2,1-3H3,(H,35,39)/t23-/m1/s1. The maximum atomic E-state index is 13.1. The maximum Gasteiger partial charge on any atom is 0.407 e. The van der Waals surface area contributed by atoms with Crippen molar-refractivity contribution in [2.45, 2.75) is 44.7 Å². The average Bonchev–Trinajstić information content (AvgIpc) is 3.32. The van der Waals surface area contributed by atoms with Crippen molar-refractivity contribution < 1.29 is 38.1 Å². The summed E-state index contributed by atoms with van der Waals surface area (Å²) in [5, 5.41) is 2.81. The molecule has 2 amide bonds. The molecule has 1 N–H and O–H groups in total. The summed E-state index contributed by atoms with van der Waals surface area (Å²) in [6.07, 6.45) is -0.966. The zero-order chi connectivity index (χ0) is 32.0. The van der Waals surface area contributed by atoms with Crippen molar-refractivity contribution in [1.82, 2.24) is 10.2 Å². The highest BCUT2D eigenvalue weighted by molar-refractivity contribution is 14.1. The van der Waals surface area contributed by atoms with Gasteiger partial charge in [-0.3, -0.25) is 9.59 Å². The first-order valence-electron chi connectivity index (χ1n) is 14.7. The lowest BCUT2D eigenvalue weighted by molar-refractivity contribution is -0.148. The van der Waals surface area contributed by atoms with Crippen LogP contribution in [0.4, 0.5) is 4.79 Å². The summed E-state index contributed by atoms with van der Waals surface area (Å²) in [5.74, 6) is -1.13. The predicted molar refractivity (Wildman–Crippen MR) is 176 cm³/mol. The fourth-order valence-corrected chi connectivity index (χ4v) is 5.02. The number of hydrogen-bond acceptors (Lipinski definition) is 8. The molecular formula is C32H42BIN2O8. The fourth-order valence-electron chi connectivity index (χ4n) is 4.80. The van der Waals surface area contributed by atoms with Crippen LogP contribution in [-0.4, -0.2) is 106 Å². The van der Waals surface area contributed by atoms with Gasteiger partial charge in [0.05, 0.1) is 52.5 Å². The number of halogens is 1. The van der Waals surface area contributed by atoms with Crippen LogP contribution in [0.25, 0.3) is 11.1 Å². The highest BCUT2D eigenvalue weighted by atomic mass is 127. The van der Waals surface area contributed by atoms with Gasteiger partial charge in [0.2, 0.25) is 5.91 Å². The third-order valence-corrected chi connectivity index (χ3v) is 7.19. The van der Waals surface area contributed by atoms with E-state index < -0.39 is 24.0 Å². The average molecular weight is 720 g/mol. The first-order valence-corrected chi connectivity index (χ1v) is 16.3. The van der Waals surface area contributed by atoms with Crippen LogP contribution in [0.1, 0.15) is 37.8 Å². The van der Waals surface area contributed by atoms with E-state index in [1.54, 1.807) is 0 Å². The molecule has 1 aliphatic carbocycles. The number of hydrogen-bond donors (Lipinski definition) is 1. The van der Waals surface area contributed by atoms with Crippen molar-refractivity contribution in [3.63, 3.8) is 0 Å². The minimum absolute atomic E-state index is 0.0279. The molecule has 0 aliphatic heterocycles. The van der Waals surface area contributed by atoms with Crippen molar-refractivity contribution in [3.8, 4) is 11.1 Å². The van der Waals surface area contributed by atoms with E-state index in [4.69, 9.17) is 31.5 Å². The second-order valence-corrected chi connectivity index (χ2v) is 12.3. The molecular weight excluding hydrogens is 678 g/mol. The Kier molecular flexibility index (Phi) is 14.9. The van der Waals surface area contributed by atoms with Crippen LogP contribution in [0, 0.1) is 0 Å². The van der Waals surface area contributed by atoms with Gasteiger partial charge in [0.1, 0.15) is 19.8 Å². The number of alkyl carbamates (subject to hydrolysis) is 1. The second kappa shape index (κ2) is 18.3. The molecule has 44 heavy (non-hydrogen) atoms. The van der Waals surface area contributed by atoms with E-state index in [-0.39, 0.29) is 57.4 Å². The Balaban J connectivity index is 1.60. The Morgan fingerprint density at radius 1 is 0.909 bits per heavy atom. The lowest BCUT2D eigenvalue weighted by Gasteiger charge is -2.27. The largest absolute Gasteiger partial charge is 0.464 e. The maximum absolute atomic E-state index is 13.1. The number of nitrogens with zero attached hydrogens (tertiary/aromatic N) is 1. The summed E-state index contributed by atoms with van der Waals surface area (Å²) in [6, 6.07) is 15.5. The Hall–Kier alpha value is -2.68. The van der Waals surface area contributed by atoms with Crippen molar-refractivity contribution in [2.24, 2.45) is 0 Å². The van der Waals surface area contributed by atoms with Crippen molar-refractivity contribution in [2.75, 3.05) is 63.8 Å². The molecule has 2 radical (unpaired) electrons. The van der Waals surface area contributed by atoms with E-state index in [1.807, 2.05) is 57.2 Å². The van der Waals surface area contributed by atoms with Gasteiger partial charge in [0.25, 0.3) is 0 Å². The summed E-state index contributed by atoms with van der Waals surface area (Å²) in [7, 11) is 5.61. The van der Waals surface area contributed by atoms with Crippen LogP contribution >= 0.6 is 22.6 Å². The molecule has 2 aromatic rings. The van der Waals surface area contributed by atoms with Crippen LogP contribution in [0.3, 0.4) is 0 Å². The van der Waals surface area contributed by atoms with Crippen LogP contribution in [0.15, 0.2) is 48.5 Å². The predicted octanol–water partition coefficient (Wildman–Crippen LogP) is 4.14. The fraction of sp³-hybridized carbons (Fsp3) is 0.531. The van der Waals surface area contributed by atoms with Gasteiger partial charge in [0.15, 0.2) is 0 Å². The van der Waals surface area contributed by atoms with Gasteiger partial charge in [-0.25, -0.2) is 4.79 Å². The molecule has 0 aromatic heterocycles. The van der Waals surface area contributed by atoms with E-state index in [0.717, 1.165) is 22.3 Å². The number of nitrogens with one attached hydrogen (secondary N) is 1. The molecule has 1 aliphatic rings. The van der Waals surface area contributed by atoms with Gasteiger partial charge in [-0.15, -0.1) is 0 Å². The van der Waals surface area contributed by atoms with Crippen molar-refractivity contribution in [1.29, 1.82) is 0 Å². The Labute approximate surface area is 275 Å². The monoisotopic (exact) mass is 720 g/mol. The van der Waals surface area contributed by atoms with E-state index in [2.05, 4.69) is 40.0 Å². The van der Waals surface area contributed by atoms with E-state index >= 15 is 0 Å². The number of rotatable bonds is 18. The number of carbonyl (C=O) groups is 3. The number of fused-ring (bicyclic) bond motifs is 3. The quantitative estimate of drug-likeness (QED) is 0.0805. The summed E-state index contributed by atoms with van der Waals surface area (Å²) in [5.41, 5.74) is 4.20. The van der Waals surface area contributed by atoms with Gasteiger partial charge in [-0.05, 0) is 49.3 Å². The Morgan fingerprint density at radius 2 is 1.52 bits per heavy atom. The summed E-state index contributed by atoms with van der Waals surface area (Å²) < 4.78 is 28.5. The highest BCUT2D eigenvalue weighted by Gasteiger charge is 2.30. The van der Waals surface area contributed by atoms with Gasteiger partial charge < -0.3 is 33.9 Å². The summed E-state index contributed by atoms with van der Waals surface area (Å²) in [6.45, 7) is 7.45. The van der Waals surface area contributed by atoms with Crippen molar-refractivity contribution in [3.05, 3.63) is 59.7 Å². The van der Waals surface area contributed by atoms with E-state index in [9.17, 15) is 14.4 Å². The van der Waals surface area contributed by atoms with Gasteiger partial charge >= 0.3 is 12.1 Å². The van der Waals surface area contributed by atoms with Crippen LogP contribution in [0.5, 0.6) is 0 Å². The topological polar surface area (TPSA) is 113 Å². The molecule has 0 spiro atoms. The van der Waals surface area contributed by atoms with E-state index in [0.29, 0.717) is 24.2 Å². The molecule has 0 fully saturated rings. The molecule has 0 saturated carbocycles. The Bertz CT molecular complexity index is 1180. The molecule has 0 unspecified atom stereocenters. The Morgan fingerprint density at radius 3 is 2.14 bits per heavy atom. The SMILES string of the molecule is [B]CC(=O)N(CC(=O)OCCI)C[C@H](COCCOCCOC(C)(C)C)NC(=O)OCC1c2ccccc2-c2ccccc21. The number of carbonyl (C=O) groups excluding carboxylic acids is 3. The molecule has 10 nitrogen and oxygen atoms in total. The normalized spacial score (nSPS) is 13.1. The number of alkyl halides is 1. The molecule has 1 atom stereocenters. The lowest BCUT2D eigenvalue weighted by Crippen LogP contribution is -2.50. The first kappa shape index (κ1) is 35.8. The minimum Gasteiger partial charge on any atom is -0.464 e. The zero-order valence-electron chi connectivity index (χ0n) is 25.7. The van der Waals surface area contributed by atoms with E-state index in [1.165, 1.54) is 4.90 Å². The molecule has 0 heterocycles. The van der Waals surface area contributed by atoms with Gasteiger partial charge in [-0.2, -0.15) is 0 Å². The summed E-state index contributed by atoms with van der Waals surface area (Å²) in [4.78, 5) is 39.2. The molecule has 0 saturated heterocycles. The van der Waals surface area contributed by atoms with Crippen LogP contribution < -0.4 is 5.32 Å². The third kappa shape index (κ3) is 11.7. The van der Waals surface area contributed by atoms with Crippen LogP contribution in [0.2, 0.25) is 6.32 Å². The minimum atomic E-state index is -0.692. The molecule has 238 valence electrons. The number of amides is 2. The second-order valence-electron chi connectivity index (χ2n) is 11.2. The zero-order valence-corrected chi connectivity index (χ0v) is 27.9.